The lowest BCUT2D eigenvalue weighted by atomic mass is 9.98. The first-order valence-electron chi connectivity index (χ1n) is 6.85. The highest BCUT2D eigenvalue weighted by Crippen LogP contribution is 2.25. The van der Waals surface area contributed by atoms with Crippen LogP contribution in [0.1, 0.15) is 36.0 Å². The van der Waals surface area contributed by atoms with E-state index in [4.69, 9.17) is 9.40 Å². The molecular formula is C15H19N3O. The van der Waals surface area contributed by atoms with E-state index >= 15 is 0 Å². The molecule has 1 saturated heterocycles. The molecule has 1 unspecified atom stereocenters. The number of nitrogens with zero attached hydrogens (tertiary/aromatic N) is 2. The molecule has 2 aromatic rings. The van der Waals surface area contributed by atoms with Crippen LogP contribution in [0, 0.1) is 13.8 Å². The summed E-state index contributed by atoms with van der Waals surface area (Å²) in [5.41, 5.74) is 1.89. The van der Waals surface area contributed by atoms with Gasteiger partial charge >= 0.3 is 0 Å². The molecule has 4 nitrogen and oxygen atoms in total. The Morgan fingerprint density at radius 1 is 1.26 bits per heavy atom. The van der Waals surface area contributed by atoms with Crippen molar-refractivity contribution in [2.24, 2.45) is 0 Å². The van der Waals surface area contributed by atoms with E-state index < -0.39 is 0 Å². The van der Waals surface area contributed by atoms with Crippen LogP contribution in [0.25, 0.3) is 11.5 Å². The van der Waals surface area contributed by atoms with Gasteiger partial charge in [-0.3, -0.25) is 0 Å². The van der Waals surface area contributed by atoms with Gasteiger partial charge < -0.3 is 9.73 Å². The van der Waals surface area contributed by atoms with Crippen molar-refractivity contribution in [3.63, 3.8) is 0 Å². The lowest BCUT2D eigenvalue weighted by Gasteiger charge is -2.21. The summed E-state index contributed by atoms with van der Waals surface area (Å²) in [5.74, 6) is 3.10. The van der Waals surface area contributed by atoms with E-state index in [2.05, 4.69) is 10.3 Å². The number of aromatic nitrogens is 2. The molecule has 1 atom stereocenters. The van der Waals surface area contributed by atoms with E-state index in [0.29, 0.717) is 5.92 Å². The zero-order chi connectivity index (χ0) is 13.2. The maximum Gasteiger partial charge on any atom is 0.152 e. The third kappa shape index (κ3) is 2.68. The van der Waals surface area contributed by atoms with Gasteiger partial charge in [-0.25, -0.2) is 9.97 Å². The minimum Gasteiger partial charge on any atom is -0.460 e. The van der Waals surface area contributed by atoms with Crippen LogP contribution in [0.5, 0.6) is 0 Å². The molecule has 100 valence electrons. The molecular weight excluding hydrogens is 238 g/mol. The first-order valence-corrected chi connectivity index (χ1v) is 6.85. The molecule has 1 N–H and O–H groups in total. The van der Waals surface area contributed by atoms with Crippen LogP contribution in [-0.4, -0.2) is 23.1 Å². The Bertz CT molecular complexity index is 571. The predicted octanol–water partition coefficient (Wildman–Crippen LogP) is 2.82. The molecule has 19 heavy (non-hydrogen) atoms. The van der Waals surface area contributed by atoms with Crippen molar-refractivity contribution in [2.45, 2.75) is 32.6 Å². The second-order valence-corrected chi connectivity index (χ2v) is 5.21. The zero-order valence-corrected chi connectivity index (χ0v) is 11.4. The van der Waals surface area contributed by atoms with E-state index in [1.54, 1.807) is 0 Å². The molecule has 2 aromatic heterocycles. The van der Waals surface area contributed by atoms with Gasteiger partial charge in [0.25, 0.3) is 0 Å². The summed E-state index contributed by atoms with van der Waals surface area (Å²) in [4.78, 5) is 9.29. The van der Waals surface area contributed by atoms with Crippen molar-refractivity contribution >= 4 is 0 Å². The first kappa shape index (κ1) is 12.4. The standard InChI is InChI=1S/C15H19N3O/c1-10-8-13(14-6-5-11(2)19-14)18-15(17-10)12-4-3-7-16-9-12/h5-6,8,12,16H,3-4,7,9H2,1-2H3. The summed E-state index contributed by atoms with van der Waals surface area (Å²) in [5, 5.41) is 3.41. The number of hydrogen-bond acceptors (Lipinski definition) is 4. The van der Waals surface area contributed by atoms with Crippen LogP contribution >= 0.6 is 0 Å². The molecule has 0 aliphatic carbocycles. The van der Waals surface area contributed by atoms with Crippen molar-refractivity contribution in [3.8, 4) is 11.5 Å². The third-order valence-electron chi connectivity index (χ3n) is 3.53. The van der Waals surface area contributed by atoms with Crippen LogP contribution < -0.4 is 5.32 Å². The van der Waals surface area contributed by atoms with Crippen LogP contribution in [0.3, 0.4) is 0 Å². The van der Waals surface area contributed by atoms with Crippen molar-refractivity contribution in [1.29, 1.82) is 0 Å². The Kier molecular flexibility index (Phi) is 3.34. The number of hydrogen-bond donors (Lipinski definition) is 1. The predicted molar refractivity (Wildman–Crippen MR) is 74.1 cm³/mol. The molecule has 0 bridgehead atoms. The second-order valence-electron chi connectivity index (χ2n) is 5.21. The van der Waals surface area contributed by atoms with Crippen molar-refractivity contribution in [3.05, 3.63) is 35.5 Å². The summed E-state index contributed by atoms with van der Waals surface area (Å²) in [6, 6.07) is 5.92. The maximum absolute atomic E-state index is 5.66. The molecule has 0 spiro atoms. The normalized spacial score (nSPS) is 19.6. The largest absolute Gasteiger partial charge is 0.460 e. The highest BCUT2D eigenvalue weighted by Gasteiger charge is 2.19. The van der Waals surface area contributed by atoms with Crippen molar-refractivity contribution in [2.75, 3.05) is 13.1 Å². The minimum atomic E-state index is 0.420. The molecule has 3 rings (SSSR count). The SMILES string of the molecule is Cc1cc(-c2ccc(C)o2)nc(C2CCCNC2)n1. The van der Waals surface area contributed by atoms with Gasteiger partial charge in [-0.05, 0) is 51.4 Å². The fourth-order valence-corrected chi connectivity index (χ4v) is 2.54. The molecule has 3 heterocycles. The summed E-state index contributed by atoms with van der Waals surface area (Å²) < 4.78 is 5.66. The number of rotatable bonds is 2. The lowest BCUT2D eigenvalue weighted by molar-refractivity contribution is 0.445. The average Bonchev–Trinajstić information content (AvgIpc) is 2.86. The molecule has 0 amide bonds. The van der Waals surface area contributed by atoms with Gasteiger partial charge in [0.15, 0.2) is 5.76 Å². The second kappa shape index (κ2) is 5.13. The molecule has 0 aromatic carbocycles. The van der Waals surface area contributed by atoms with Gasteiger partial charge in [-0.15, -0.1) is 0 Å². The van der Waals surface area contributed by atoms with Gasteiger partial charge in [0.05, 0.1) is 0 Å². The van der Waals surface area contributed by atoms with Crippen LogP contribution in [0.2, 0.25) is 0 Å². The fourth-order valence-electron chi connectivity index (χ4n) is 2.54. The van der Waals surface area contributed by atoms with E-state index in [9.17, 15) is 0 Å². The third-order valence-corrected chi connectivity index (χ3v) is 3.53. The number of piperidine rings is 1. The van der Waals surface area contributed by atoms with E-state index in [-0.39, 0.29) is 0 Å². The van der Waals surface area contributed by atoms with Crippen molar-refractivity contribution < 1.29 is 4.42 Å². The molecule has 1 aliphatic rings. The van der Waals surface area contributed by atoms with Gasteiger partial charge in [0.1, 0.15) is 17.3 Å². The van der Waals surface area contributed by atoms with Gasteiger partial charge in [-0.1, -0.05) is 0 Å². The van der Waals surface area contributed by atoms with Crippen LogP contribution in [0.4, 0.5) is 0 Å². The Balaban J connectivity index is 1.95. The van der Waals surface area contributed by atoms with E-state index in [0.717, 1.165) is 48.2 Å². The molecule has 1 aliphatic heterocycles. The topological polar surface area (TPSA) is 51.0 Å². The smallest absolute Gasteiger partial charge is 0.152 e. The van der Waals surface area contributed by atoms with Crippen molar-refractivity contribution in [1.82, 2.24) is 15.3 Å². The van der Waals surface area contributed by atoms with E-state index in [1.165, 1.54) is 6.42 Å². The molecule has 4 heteroatoms. The van der Waals surface area contributed by atoms with Gasteiger partial charge in [0.2, 0.25) is 0 Å². The quantitative estimate of drug-likeness (QED) is 0.898. The summed E-state index contributed by atoms with van der Waals surface area (Å²) >= 11 is 0. The van der Waals surface area contributed by atoms with Crippen LogP contribution in [0.15, 0.2) is 22.6 Å². The molecule has 0 radical (unpaired) electrons. The van der Waals surface area contributed by atoms with Gasteiger partial charge in [0, 0.05) is 18.2 Å². The summed E-state index contributed by atoms with van der Waals surface area (Å²) in [6.45, 7) is 6.04. The Labute approximate surface area is 113 Å². The van der Waals surface area contributed by atoms with Crippen LogP contribution in [-0.2, 0) is 0 Å². The van der Waals surface area contributed by atoms with Gasteiger partial charge in [-0.2, -0.15) is 0 Å². The average molecular weight is 257 g/mol. The first-order chi connectivity index (χ1) is 9.22. The Hall–Kier alpha value is -1.68. The maximum atomic E-state index is 5.66. The Morgan fingerprint density at radius 3 is 2.84 bits per heavy atom. The fraction of sp³-hybridized carbons (Fsp3) is 0.467. The molecule has 1 fully saturated rings. The number of nitrogens with one attached hydrogen (secondary N) is 1. The minimum absolute atomic E-state index is 0.420. The lowest BCUT2D eigenvalue weighted by Crippen LogP contribution is -2.29. The van der Waals surface area contributed by atoms with E-state index in [1.807, 2.05) is 32.0 Å². The molecule has 0 saturated carbocycles. The zero-order valence-electron chi connectivity index (χ0n) is 11.4. The highest BCUT2D eigenvalue weighted by molar-refractivity contribution is 5.52. The summed E-state index contributed by atoms with van der Waals surface area (Å²) in [6.07, 6.45) is 2.35. The highest BCUT2D eigenvalue weighted by atomic mass is 16.3. The summed E-state index contributed by atoms with van der Waals surface area (Å²) in [7, 11) is 0. The number of furan rings is 1. The Morgan fingerprint density at radius 2 is 2.16 bits per heavy atom. The monoisotopic (exact) mass is 257 g/mol. The number of aryl methyl sites for hydroxylation is 2.